The van der Waals surface area contributed by atoms with E-state index in [2.05, 4.69) is 53.4 Å². The average Bonchev–Trinajstić information content (AvgIpc) is 3.66. The van der Waals surface area contributed by atoms with Gasteiger partial charge in [0.05, 0.1) is 31.5 Å². The normalized spacial score (nSPS) is 20.0. The number of carbonyl (C=O) groups is 2. The van der Waals surface area contributed by atoms with Gasteiger partial charge in [0.2, 0.25) is 0 Å². The first kappa shape index (κ1) is 35.3. The van der Waals surface area contributed by atoms with E-state index in [-0.39, 0.29) is 43.3 Å². The van der Waals surface area contributed by atoms with Crippen molar-refractivity contribution in [2.24, 2.45) is 0 Å². The van der Waals surface area contributed by atoms with Crippen LogP contribution in [0.1, 0.15) is 41.9 Å². The molecule has 2 unspecified atom stereocenters. The summed E-state index contributed by atoms with van der Waals surface area (Å²) in [5, 5.41) is 0. The number of benzene rings is 4. The Morgan fingerprint density at radius 1 is 0.846 bits per heavy atom. The molecule has 3 aliphatic rings. The number of nitrogens with zero attached hydrogens (tertiary/aromatic N) is 3. The molecule has 0 spiro atoms. The van der Waals surface area contributed by atoms with Gasteiger partial charge >= 0.3 is 6.09 Å². The molecule has 0 aliphatic carbocycles. The van der Waals surface area contributed by atoms with E-state index in [1.807, 2.05) is 54.6 Å². The van der Waals surface area contributed by atoms with Gasteiger partial charge in [-0.05, 0) is 65.9 Å². The Bertz CT molecular complexity index is 1770. The SMILES string of the molecule is COCCCN1C(=O)COc2ccc(COC3CN(C(=O)OCc4ccccc4)CCC3c3ccc(O[C@H]4CCN(c5ccccc5)C4)cc3)cc21. The Kier molecular flexibility index (Phi) is 11.5. The molecule has 7 rings (SSSR count). The van der Waals surface area contributed by atoms with E-state index in [1.165, 1.54) is 5.69 Å². The molecule has 2 saturated heterocycles. The maximum Gasteiger partial charge on any atom is 0.410 e. The van der Waals surface area contributed by atoms with Crippen LogP contribution in [0.2, 0.25) is 0 Å². The van der Waals surface area contributed by atoms with Crippen LogP contribution < -0.4 is 19.3 Å². The molecule has 4 aromatic rings. The van der Waals surface area contributed by atoms with Crippen molar-refractivity contribution < 1.29 is 33.3 Å². The van der Waals surface area contributed by atoms with Gasteiger partial charge in [-0.3, -0.25) is 4.79 Å². The lowest BCUT2D eigenvalue weighted by Gasteiger charge is -2.38. The highest BCUT2D eigenvalue weighted by molar-refractivity contribution is 5.97. The first-order valence-electron chi connectivity index (χ1n) is 18.2. The van der Waals surface area contributed by atoms with E-state index < -0.39 is 0 Å². The standard InChI is InChI=1S/C42H47N3O7/c1-48-24-8-21-45-38-25-32(13-18-39(38)50-30-41(45)46)29-49-40-27-44(42(47)51-28-31-9-4-2-5-10-31)23-20-37(40)33-14-16-35(17-15-33)52-36-19-22-43(26-36)34-11-6-3-7-12-34/h2-7,9-18,25,36-37,40H,8,19-24,26-30H2,1H3/t36-,37?,40?/m0/s1. The minimum Gasteiger partial charge on any atom is -0.489 e. The molecule has 3 atom stereocenters. The second-order valence-electron chi connectivity index (χ2n) is 13.6. The summed E-state index contributed by atoms with van der Waals surface area (Å²) in [6.45, 7) is 4.43. The fraction of sp³-hybridized carbons (Fsp3) is 0.381. The van der Waals surface area contributed by atoms with E-state index >= 15 is 0 Å². The van der Waals surface area contributed by atoms with Crippen LogP contribution in [0.3, 0.4) is 0 Å². The van der Waals surface area contributed by atoms with Crippen LogP contribution >= 0.6 is 0 Å². The number of hydrogen-bond acceptors (Lipinski definition) is 8. The largest absolute Gasteiger partial charge is 0.489 e. The number of piperidine rings is 1. The molecule has 4 aromatic carbocycles. The summed E-state index contributed by atoms with van der Waals surface area (Å²) >= 11 is 0. The summed E-state index contributed by atoms with van der Waals surface area (Å²) in [5.74, 6) is 1.51. The van der Waals surface area contributed by atoms with Crippen molar-refractivity contribution in [2.45, 2.75) is 50.6 Å². The quantitative estimate of drug-likeness (QED) is 0.140. The third-order valence-corrected chi connectivity index (χ3v) is 10.1. The minimum atomic E-state index is -0.350. The minimum absolute atomic E-state index is 0.0202. The van der Waals surface area contributed by atoms with E-state index in [0.29, 0.717) is 38.6 Å². The zero-order valence-electron chi connectivity index (χ0n) is 29.7. The average molecular weight is 706 g/mol. The van der Waals surface area contributed by atoms with Crippen molar-refractivity contribution in [3.8, 4) is 11.5 Å². The smallest absolute Gasteiger partial charge is 0.410 e. The van der Waals surface area contributed by atoms with E-state index in [1.54, 1.807) is 16.9 Å². The van der Waals surface area contributed by atoms with Crippen molar-refractivity contribution in [1.82, 2.24) is 4.90 Å². The van der Waals surface area contributed by atoms with E-state index in [0.717, 1.165) is 60.5 Å². The molecule has 0 saturated carbocycles. The molecule has 0 bridgehead atoms. The monoisotopic (exact) mass is 705 g/mol. The number of ether oxygens (including phenoxy) is 5. The van der Waals surface area contributed by atoms with Crippen LogP contribution in [0.25, 0.3) is 0 Å². The highest BCUT2D eigenvalue weighted by atomic mass is 16.6. The fourth-order valence-electron chi connectivity index (χ4n) is 7.28. The van der Waals surface area contributed by atoms with Crippen LogP contribution in [0.4, 0.5) is 16.2 Å². The number of methoxy groups -OCH3 is 1. The summed E-state index contributed by atoms with van der Waals surface area (Å²) in [6.07, 6.45) is 1.90. The number of carbonyl (C=O) groups excluding carboxylic acids is 2. The molecule has 0 radical (unpaired) electrons. The zero-order valence-corrected chi connectivity index (χ0v) is 29.7. The first-order valence-corrected chi connectivity index (χ1v) is 18.2. The molecule has 52 heavy (non-hydrogen) atoms. The van der Waals surface area contributed by atoms with Crippen molar-refractivity contribution >= 4 is 23.4 Å². The van der Waals surface area contributed by atoms with Gasteiger partial charge in [-0.1, -0.05) is 66.7 Å². The van der Waals surface area contributed by atoms with Gasteiger partial charge in [-0.2, -0.15) is 0 Å². The molecule has 272 valence electrons. The lowest BCUT2D eigenvalue weighted by atomic mass is 9.87. The van der Waals surface area contributed by atoms with Crippen molar-refractivity contribution in [3.63, 3.8) is 0 Å². The Morgan fingerprint density at radius 3 is 2.42 bits per heavy atom. The van der Waals surface area contributed by atoms with Crippen LogP contribution in [-0.4, -0.2) is 82.2 Å². The molecule has 0 aromatic heterocycles. The number of rotatable bonds is 13. The third-order valence-electron chi connectivity index (χ3n) is 10.1. The van der Waals surface area contributed by atoms with Crippen LogP contribution in [0.15, 0.2) is 103 Å². The van der Waals surface area contributed by atoms with Gasteiger partial charge in [-0.15, -0.1) is 0 Å². The number of anilines is 2. The van der Waals surface area contributed by atoms with E-state index in [4.69, 9.17) is 23.7 Å². The van der Waals surface area contributed by atoms with Gasteiger partial charge in [0.1, 0.15) is 24.2 Å². The maximum atomic E-state index is 13.3. The van der Waals surface area contributed by atoms with Gasteiger partial charge in [-0.25, -0.2) is 4.79 Å². The Balaban J connectivity index is 1.03. The predicted molar refractivity (Wildman–Crippen MR) is 199 cm³/mol. The molecule has 10 heteroatoms. The van der Waals surface area contributed by atoms with Gasteiger partial charge < -0.3 is 38.4 Å². The first-order chi connectivity index (χ1) is 25.5. The van der Waals surface area contributed by atoms with Crippen molar-refractivity contribution in [1.29, 1.82) is 0 Å². The highest BCUT2D eigenvalue weighted by Gasteiger charge is 2.35. The fourth-order valence-corrected chi connectivity index (χ4v) is 7.28. The molecular formula is C42H47N3O7. The Morgan fingerprint density at radius 2 is 1.63 bits per heavy atom. The number of hydrogen-bond donors (Lipinski definition) is 0. The highest BCUT2D eigenvalue weighted by Crippen LogP contribution is 2.36. The molecule has 3 heterocycles. The van der Waals surface area contributed by atoms with Gasteiger partial charge in [0.25, 0.3) is 5.91 Å². The molecular weight excluding hydrogens is 658 g/mol. The topological polar surface area (TPSA) is 90.0 Å². The van der Waals surface area contributed by atoms with E-state index in [9.17, 15) is 9.59 Å². The molecule has 0 N–H and O–H groups in total. The maximum absolute atomic E-state index is 13.3. The third kappa shape index (κ3) is 8.69. The zero-order chi connectivity index (χ0) is 35.7. The summed E-state index contributed by atoms with van der Waals surface area (Å²) in [6, 6.07) is 34.4. The van der Waals surface area contributed by atoms with Gasteiger partial charge in [0.15, 0.2) is 6.61 Å². The van der Waals surface area contributed by atoms with Crippen LogP contribution in [0, 0.1) is 0 Å². The Hall–Kier alpha value is -5.06. The van der Waals surface area contributed by atoms with Crippen molar-refractivity contribution in [3.05, 3.63) is 120 Å². The predicted octanol–water partition coefficient (Wildman–Crippen LogP) is 6.82. The number of fused-ring (bicyclic) bond motifs is 1. The lowest BCUT2D eigenvalue weighted by Crippen LogP contribution is -2.47. The number of para-hydroxylation sites is 1. The summed E-state index contributed by atoms with van der Waals surface area (Å²) in [7, 11) is 1.66. The summed E-state index contributed by atoms with van der Waals surface area (Å²) in [4.78, 5) is 31.9. The molecule has 10 nitrogen and oxygen atoms in total. The second kappa shape index (κ2) is 17.0. The molecule has 3 aliphatic heterocycles. The number of likely N-dealkylation sites (tertiary alicyclic amines) is 1. The summed E-state index contributed by atoms with van der Waals surface area (Å²) < 4.78 is 29.8. The molecule has 2 amide bonds. The molecule has 2 fully saturated rings. The second-order valence-corrected chi connectivity index (χ2v) is 13.6. The number of amides is 2. The van der Waals surface area contributed by atoms with Crippen molar-refractivity contribution in [2.75, 3.05) is 62.8 Å². The lowest BCUT2D eigenvalue weighted by molar-refractivity contribution is -0.121. The Labute approximate surface area is 305 Å². The summed E-state index contributed by atoms with van der Waals surface area (Å²) in [5.41, 5.74) is 4.96. The van der Waals surface area contributed by atoms with Crippen LogP contribution in [0.5, 0.6) is 11.5 Å². The van der Waals surface area contributed by atoms with Crippen LogP contribution in [-0.2, 0) is 32.2 Å². The van der Waals surface area contributed by atoms with Gasteiger partial charge in [0, 0.05) is 51.4 Å².